The Bertz CT molecular complexity index is 383. The summed E-state index contributed by atoms with van der Waals surface area (Å²) in [6.45, 7) is 0. The van der Waals surface area contributed by atoms with Gasteiger partial charge in [-0.05, 0) is 30.2 Å². The number of rotatable bonds is 1. The van der Waals surface area contributed by atoms with Crippen molar-refractivity contribution in [2.24, 2.45) is 5.92 Å². The lowest BCUT2D eigenvalue weighted by Crippen LogP contribution is -1.88. The van der Waals surface area contributed by atoms with Crippen LogP contribution in [0.1, 0.15) is 17.9 Å². The second-order valence-corrected chi connectivity index (χ2v) is 4.16. The molecule has 0 N–H and O–H groups in total. The van der Waals surface area contributed by atoms with E-state index in [1.165, 1.54) is 6.07 Å². The molecule has 1 aliphatic rings. The molecule has 1 aromatic carbocycles. The van der Waals surface area contributed by atoms with Crippen LogP contribution in [0.5, 0.6) is 0 Å². The largest absolute Gasteiger partial charge is 0.207 e. The second-order valence-electron chi connectivity index (χ2n) is 3.24. The summed E-state index contributed by atoms with van der Waals surface area (Å²) in [5, 5.41) is 8.61. The number of hydrogen-bond acceptors (Lipinski definition) is 1. The monoisotopic (exact) mass is 239 g/mol. The first-order chi connectivity index (χ1) is 6.22. The Morgan fingerprint density at radius 3 is 2.92 bits per heavy atom. The van der Waals surface area contributed by atoms with Crippen LogP contribution in [0.4, 0.5) is 4.39 Å². The highest BCUT2D eigenvalue weighted by molar-refractivity contribution is 9.10. The van der Waals surface area contributed by atoms with Crippen LogP contribution in [0.3, 0.4) is 0 Å². The van der Waals surface area contributed by atoms with Crippen LogP contribution in [0.25, 0.3) is 0 Å². The van der Waals surface area contributed by atoms with Crippen LogP contribution in [-0.2, 0) is 0 Å². The van der Waals surface area contributed by atoms with Crippen LogP contribution in [0, 0.1) is 23.1 Å². The molecule has 1 aliphatic carbocycles. The highest BCUT2D eigenvalue weighted by Gasteiger charge is 2.40. The third-order valence-corrected chi connectivity index (χ3v) is 2.81. The average Bonchev–Trinajstić information content (AvgIpc) is 2.88. The Morgan fingerprint density at radius 2 is 2.31 bits per heavy atom. The average molecular weight is 240 g/mol. The fourth-order valence-electron chi connectivity index (χ4n) is 1.48. The van der Waals surface area contributed by atoms with Crippen molar-refractivity contribution in [1.29, 1.82) is 5.26 Å². The van der Waals surface area contributed by atoms with Gasteiger partial charge in [-0.25, -0.2) is 4.39 Å². The zero-order chi connectivity index (χ0) is 9.42. The Morgan fingerprint density at radius 1 is 1.54 bits per heavy atom. The Hall–Kier alpha value is -0.880. The maximum atomic E-state index is 13.2. The molecule has 0 spiro atoms. The normalized spacial score (nSPS) is 25.3. The molecule has 0 amide bonds. The van der Waals surface area contributed by atoms with E-state index >= 15 is 0 Å². The zero-order valence-corrected chi connectivity index (χ0v) is 8.38. The van der Waals surface area contributed by atoms with Crippen LogP contribution in [0.2, 0.25) is 0 Å². The van der Waals surface area contributed by atoms with Crippen LogP contribution in [0.15, 0.2) is 22.7 Å². The highest BCUT2D eigenvalue weighted by Crippen LogP contribution is 2.48. The van der Waals surface area contributed by atoms with E-state index in [2.05, 4.69) is 22.0 Å². The molecule has 0 radical (unpaired) electrons. The van der Waals surface area contributed by atoms with Crippen molar-refractivity contribution in [3.8, 4) is 6.07 Å². The summed E-state index contributed by atoms with van der Waals surface area (Å²) >= 11 is 3.28. The van der Waals surface area contributed by atoms with Gasteiger partial charge in [0.05, 0.1) is 12.0 Å². The van der Waals surface area contributed by atoms with E-state index in [0.29, 0.717) is 5.56 Å². The SMILES string of the molecule is N#CC1CC1c1cc(Br)ccc1F. The Kier molecular flexibility index (Phi) is 2.09. The van der Waals surface area contributed by atoms with Crippen molar-refractivity contribution in [1.82, 2.24) is 0 Å². The molecular weight excluding hydrogens is 233 g/mol. The number of nitriles is 1. The van der Waals surface area contributed by atoms with Gasteiger partial charge in [0.15, 0.2) is 0 Å². The van der Waals surface area contributed by atoms with E-state index in [1.807, 2.05) is 0 Å². The third kappa shape index (κ3) is 1.59. The molecule has 1 fully saturated rings. The van der Waals surface area contributed by atoms with Gasteiger partial charge in [-0.1, -0.05) is 15.9 Å². The molecule has 0 bridgehead atoms. The van der Waals surface area contributed by atoms with Crippen molar-refractivity contribution < 1.29 is 4.39 Å². The molecule has 2 atom stereocenters. The van der Waals surface area contributed by atoms with Crippen molar-refractivity contribution in [2.75, 3.05) is 0 Å². The van der Waals surface area contributed by atoms with E-state index in [4.69, 9.17) is 5.26 Å². The molecule has 0 heterocycles. The van der Waals surface area contributed by atoms with Crippen LogP contribution in [-0.4, -0.2) is 0 Å². The predicted molar refractivity (Wildman–Crippen MR) is 50.6 cm³/mol. The summed E-state index contributed by atoms with van der Waals surface area (Å²) in [5.41, 5.74) is 0.668. The first kappa shape index (κ1) is 8.71. The van der Waals surface area contributed by atoms with Gasteiger partial charge in [-0.2, -0.15) is 5.26 Å². The van der Waals surface area contributed by atoms with Gasteiger partial charge in [0.25, 0.3) is 0 Å². The number of benzene rings is 1. The lowest BCUT2D eigenvalue weighted by atomic mass is 10.1. The molecule has 3 heteroatoms. The standard InChI is InChI=1S/C10H7BrFN/c11-7-1-2-10(12)9(4-7)8-3-6(8)5-13/h1-2,4,6,8H,3H2. The summed E-state index contributed by atoms with van der Waals surface area (Å²) in [6.07, 6.45) is 0.796. The minimum Gasteiger partial charge on any atom is -0.207 e. The quantitative estimate of drug-likeness (QED) is 0.739. The minimum absolute atomic E-state index is 0.0174. The maximum absolute atomic E-state index is 13.2. The van der Waals surface area contributed by atoms with Crippen molar-refractivity contribution in [3.63, 3.8) is 0 Å². The molecule has 0 aliphatic heterocycles. The number of hydrogen-bond donors (Lipinski definition) is 0. The number of halogens is 2. The molecule has 66 valence electrons. The molecular formula is C10H7BrFN. The smallest absolute Gasteiger partial charge is 0.126 e. The van der Waals surface area contributed by atoms with Gasteiger partial charge < -0.3 is 0 Å². The molecule has 13 heavy (non-hydrogen) atoms. The van der Waals surface area contributed by atoms with Gasteiger partial charge in [0.2, 0.25) is 0 Å². The van der Waals surface area contributed by atoms with Gasteiger partial charge in [0, 0.05) is 10.4 Å². The molecule has 0 aromatic heterocycles. The summed E-state index contributed by atoms with van der Waals surface area (Å²) in [7, 11) is 0. The molecule has 1 nitrogen and oxygen atoms in total. The molecule has 1 aromatic rings. The van der Waals surface area contributed by atoms with Gasteiger partial charge in [-0.3, -0.25) is 0 Å². The fourth-order valence-corrected chi connectivity index (χ4v) is 1.86. The van der Waals surface area contributed by atoms with E-state index < -0.39 is 0 Å². The fraction of sp³-hybridized carbons (Fsp3) is 0.300. The first-order valence-corrected chi connectivity index (χ1v) is 4.86. The molecule has 1 saturated carbocycles. The zero-order valence-electron chi connectivity index (χ0n) is 6.80. The number of nitrogens with zero attached hydrogens (tertiary/aromatic N) is 1. The van der Waals surface area contributed by atoms with Gasteiger partial charge >= 0.3 is 0 Å². The van der Waals surface area contributed by atoms with Crippen molar-refractivity contribution in [3.05, 3.63) is 34.1 Å². The van der Waals surface area contributed by atoms with E-state index in [9.17, 15) is 4.39 Å². The second kappa shape index (κ2) is 3.12. The minimum atomic E-state index is -0.203. The third-order valence-electron chi connectivity index (χ3n) is 2.31. The molecule has 2 rings (SSSR count). The van der Waals surface area contributed by atoms with E-state index in [1.54, 1.807) is 12.1 Å². The predicted octanol–water partition coefficient (Wildman–Crippen LogP) is 3.22. The molecule has 2 unspecified atom stereocenters. The van der Waals surface area contributed by atoms with E-state index in [0.717, 1.165) is 10.9 Å². The van der Waals surface area contributed by atoms with Crippen LogP contribution >= 0.6 is 15.9 Å². The summed E-state index contributed by atoms with van der Waals surface area (Å²) in [6, 6.07) is 7.02. The van der Waals surface area contributed by atoms with Gasteiger partial charge in [-0.15, -0.1) is 0 Å². The summed E-state index contributed by atoms with van der Waals surface area (Å²) in [4.78, 5) is 0. The first-order valence-electron chi connectivity index (χ1n) is 4.07. The van der Waals surface area contributed by atoms with Crippen molar-refractivity contribution in [2.45, 2.75) is 12.3 Å². The summed E-state index contributed by atoms with van der Waals surface area (Å²) in [5.74, 6) is -0.0720. The lowest BCUT2D eigenvalue weighted by molar-refractivity contribution is 0.609. The van der Waals surface area contributed by atoms with Gasteiger partial charge in [0.1, 0.15) is 5.82 Å². The lowest BCUT2D eigenvalue weighted by Gasteiger charge is -2.00. The van der Waals surface area contributed by atoms with E-state index in [-0.39, 0.29) is 17.7 Å². The van der Waals surface area contributed by atoms with Crippen molar-refractivity contribution >= 4 is 15.9 Å². The highest BCUT2D eigenvalue weighted by atomic mass is 79.9. The summed E-state index contributed by atoms with van der Waals surface area (Å²) < 4.78 is 14.1. The Labute approximate surface area is 84.3 Å². The topological polar surface area (TPSA) is 23.8 Å². The Balaban J connectivity index is 2.32. The molecule has 0 saturated heterocycles. The maximum Gasteiger partial charge on any atom is 0.126 e. The van der Waals surface area contributed by atoms with Crippen LogP contribution < -0.4 is 0 Å².